The fourth-order valence-corrected chi connectivity index (χ4v) is 2.05. The van der Waals surface area contributed by atoms with Crippen molar-refractivity contribution in [3.63, 3.8) is 0 Å². The summed E-state index contributed by atoms with van der Waals surface area (Å²) in [5, 5.41) is 7.73. The third kappa shape index (κ3) is 2.06. The third-order valence-electron chi connectivity index (χ3n) is 2.35. The predicted octanol–water partition coefficient (Wildman–Crippen LogP) is 1.10. The van der Waals surface area contributed by atoms with Crippen molar-refractivity contribution in [3.8, 4) is 0 Å². The van der Waals surface area contributed by atoms with Crippen LogP contribution in [0.15, 0.2) is 27.9 Å². The Hall–Kier alpha value is -1.43. The Morgan fingerprint density at radius 2 is 2.25 bits per heavy atom. The Kier molecular flexibility index (Phi) is 2.91. The first-order valence-electron chi connectivity index (χ1n) is 4.77. The molecule has 2 rings (SSSR count). The summed E-state index contributed by atoms with van der Waals surface area (Å²) in [5.74, 6) is 0.750. The van der Waals surface area contributed by atoms with E-state index < -0.39 is 0 Å². The molecule has 0 spiro atoms. The number of pyridine rings is 1. The fraction of sp³-hybridized carbons (Fsp3) is 0.300. The lowest BCUT2D eigenvalue weighted by atomic mass is 10.3. The number of hydrogen-bond acceptors (Lipinski definition) is 3. The summed E-state index contributed by atoms with van der Waals surface area (Å²) < 4.78 is 4.29. The lowest BCUT2D eigenvalue weighted by Crippen LogP contribution is -2.23. The Morgan fingerprint density at radius 1 is 1.50 bits per heavy atom. The summed E-state index contributed by atoms with van der Waals surface area (Å²) in [6.45, 7) is 2.22. The van der Waals surface area contributed by atoms with Crippen molar-refractivity contribution in [2.45, 2.75) is 13.5 Å². The molecule has 0 aliphatic heterocycles. The van der Waals surface area contributed by atoms with Gasteiger partial charge < -0.3 is 9.13 Å². The van der Waals surface area contributed by atoms with E-state index in [9.17, 15) is 4.79 Å². The van der Waals surface area contributed by atoms with Crippen molar-refractivity contribution in [1.29, 1.82) is 0 Å². The molecule has 0 saturated carbocycles. The van der Waals surface area contributed by atoms with Crippen LogP contribution in [0.1, 0.15) is 11.4 Å². The van der Waals surface area contributed by atoms with E-state index >= 15 is 0 Å². The van der Waals surface area contributed by atoms with Crippen LogP contribution in [0.5, 0.6) is 0 Å². The SMILES string of the molecule is Cc1cc(Br)cn(Cc2nncn2C)c1=O. The van der Waals surface area contributed by atoms with E-state index in [2.05, 4.69) is 26.1 Å². The maximum Gasteiger partial charge on any atom is 0.253 e. The standard InChI is InChI=1S/C10H11BrN4O/c1-7-3-8(11)4-15(10(7)16)5-9-13-12-6-14(9)2/h3-4,6H,5H2,1-2H3. The van der Waals surface area contributed by atoms with Crippen LogP contribution < -0.4 is 5.56 Å². The van der Waals surface area contributed by atoms with Gasteiger partial charge in [-0.05, 0) is 28.9 Å². The molecule has 0 unspecified atom stereocenters. The van der Waals surface area contributed by atoms with E-state index in [-0.39, 0.29) is 5.56 Å². The normalized spacial score (nSPS) is 10.7. The van der Waals surface area contributed by atoms with Gasteiger partial charge in [0.25, 0.3) is 5.56 Å². The van der Waals surface area contributed by atoms with Crippen molar-refractivity contribution in [1.82, 2.24) is 19.3 Å². The number of aromatic nitrogens is 4. The molecule has 0 atom stereocenters. The lowest BCUT2D eigenvalue weighted by molar-refractivity contribution is 0.671. The van der Waals surface area contributed by atoms with Gasteiger partial charge in [0, 0.05) is 23.3 Å². The van der Waals surface area contributed by atoms with Crippen molar-refractivity contribution in [3.05, 3.63) is 44.8 Å². The molecule has 0 amide bonds. The number of halogens is 1. The van der Waals surface area contributed by atoms with Gasteiger partial charge in [-0.1, -0.05) is 0 Å². The summed E-state index contributed by atoms with van der Waals surface area (Å²) in [4.78, 5) is 11.8. The van der Waals surface area contributed by atoms with Crippen LogP contribution in [0.25, 0.3) is 0 Å². The largest absolute Gasteiger partial charge is 0.319 e. The molecule has 2 aromatic rings. The van der Waals surface area contributed by atoms with E-state index in [0.29, 0.717) is 12.1 Å². The molecule has 84 valence electrons. The van der Waals surface area contributed by atoms with Gasteiger partial charge in [-0.15, -0.1) is 10.2 Å². The van der Waals surface area contributed by atoms with Gasteiger partial charge in [-0.2, -0.15) is 0 Å². The summed E-state index contributed by atoms with van der Waals surface area (Å²) >= 11 is 3.37. The molecule has 16 heavy (non-hydrogen) atoms. The van der Waals surface area contributed by atoms with E-state index in [1.807, 2.05) is 7.05 Å². The van der Waals surface area contributed by atoms with Crippen LogP contribution in [-0.2, 0) is 13.6 Å². The second-order valence-electron chi connectivity index (χ2n) is 3.63. The average molecular weight is 283 g/mol. The minimum atomic E-state index is -0.00815. The summed E-state index contributed by atoms with van der Waals surface area (Å²) in [5.41, 5.74) is 0.697. The van der Waals surface area contributed by atoms with Crippen LogP contribution >= 0.6 is 15.9 Å². The van der Waals surface area contributed by atoms with Gasteiger partial charge in [0.15, 0.2) is 5.82 Å². The molecule has 0 fully saturated rings. The van der Waals surface area contributed by atoms with Crippen molar-refractivity contribution < 1.29 is 0 Å². The molecule has 0 aliphatic carbocycles. The topological polar surface area (TPSA) is 52.7 Å². The lowest BCUT2D eigenvalue weighted by Gasteiger charge is -2.06. The van der Waals surface area contributed by atoms with Crippen molar-refractivity contribution in [2.24, 2.45) is 7.05 Å². The first kappa shape index (κ1) is 11.1. The van der Waals surface area contributed by atoms with E-state index in [4.69, 9.17) is 0 Å². The number of hydrogen-bond donors (Lipinski definition) is 0. The second kappa shape index (κ2) is 4.21. The number of rotatable bonds is 2. The molecule has 2 heterocycles. The highest BCUT2D eigenvalue weighted by molar-refractivity contribution is 9.10. The van der Waals surface area contributed by atoms with E-state index in [0.717, 1.165) is 10.3 Å². The highest BCUT2D eigenvalue weighted by Gasteiger charge is 2.06. The summed E-state index contributed by atoms with van der Waals surface area (Å²) in [6, 6.07) is 1.80. The number of nitrogens with zero attached hydrogens (tertiary/aromatic N) is 4. The number of aryl methyl sites for hydroxylation is 2. The maximum absolute atomic E-state index is 11.8. The Balaban J connectivity index is 2.43. The third-order valence-corrected chi connectivity index (χ3v) is 2.78. The minimum absolute atomic E-state index is 0.00815. The molecule has 0 N–H and O–H groups in total. The van der Waals surface area contributed by atoms with Gasteiger partial charge >= 0.3 is 0 Å². The molecular weight excluding hydrogens is 272 g/mol. The van der Waals surface area contributed by atoms with Crippen LogP contribution in [0.4, 0.5) is 0 Å². The Morgan fingerprint density at radius 3 is 2.88 bits per heavy atom. The zero-order valence-electron chi connectivity index (χ0n) is 9.01. The van der Waals surface area contributed by atoms with Gasteiger partial charge in [0.2, 0.25) is 0 Å². The molecule has 0 radical (unpaired) electrons. The highest BCUT2D eigenvalue weighted by Crippen LogP contribution is 2.08. The molecule has 0 aliphatic rings. The Bertz CT molecular complexity index is 572. The van der Waals surface area contributed by atoms with Crippen LogP contribution in [0.2, 0.25) is 0 Å². The quantitative estimate of drug-likeness (QED) is 0.829. The molecule has 2 aromatic heterocycles. The zero-order valence-corrected chi connectivity index (χ0v) is 10.6. The monoisotopic (exact) mass is 282 g/mol. The van der Waals surface area contributed by atoms with E-state index in [1.54, 1.807) is 34.6 Å². The summed E-state index contributed by atoms with van der Waals surface area (Å²) in [7, 11) is 1.85. The van der Waals surface area contributed by atoms with Gasteiger partial charge in [0.05, 0.1) is 6.54 Å². The smallest absolute Gasteiger partial charge is 0.253 e. The average Bonchev–Trinajstić information content (AvgIpc) is 2.60. The van der Waals surface area contributed by atoms with E-state index in [1.165, 1.54) is 0 Å². The Labute approximate surface area is 101 Å². The summed E-state index contributed by atoms with van der Waals surface area (Å²) in [6.07, 6.45) is 3.37. The molecule has 0 aromatic carbocycles. The van der Waals surface area contributed by atoms with Gasteiger partial charge in [0.1, 0.15) is 6.33 Å². The molecular formula is C10H11BrN4O. The maximum atomic E-state index is 11.8. The van der Waals surface area contributed by atoms with Crippen molar-refractivity contribution in [2.75, 3.05) is 0 Å². The van der Waals surface area contributed by atoms with Crippen LogP contribution in [0, 0.1) is 6.92 Å². The molecule has 6 heteroatoms. The molecule has 0 bridgehead atoms. The van der Waals surface area contributed by atoms with Crippen molar-refractivity contribution >= 4 is 15.9 Å². The minimum Gasteiger partial charge on any atom is -0.319 e. The van der Waals surface area contributed by atoms with Gasteiger partial charge in [-0.25, -0.2) is 0 Å². The first-order valence-corrected chi connectivity index (χ1v) is 5.56. The van der Waals surface area contributed by atoms with Crippen LogP contribution in [0.3, 0.4) is 0 Å². The fourth-order valence-electron chi connectivity index (χ4n) is 1.46. The molecule has 0 saturated heterocycles. The predicted molar refractivity (Wildman–Crippen MR) is 63.2 cm³/mol. The zero-order chi connectivity index (χ0) is 11.7. The molecule has 5 nitrogen and oxygen atoms in total. The van der Waals surface area contributed by atoms with Crippen LogP contribution in [-0.4, -0.2) is 19.3 Å². The first-order chi connectivity index (χ1) is 7.58. The second-order valence-corrected chi connectivity index (χ2v) is 4.55. The highest BCUT2D eigenvalue weighted by atomic mass is 79.9. The van der Waals surface area contributed by atoms with Gasteiger partial charge in [-0.3, -0.25) is 4.79 Å².